The van der Waals surface area contributed by atoms with Crippen molar-refractivity contribution >= 4 is 9.84 Å². The van der Waals surface area contributed by atoms with Crippen molar-refractivity contribution in [3.8, 4) is 0 Å². The summed E-state index contributed by atoms with van der Waals surface area (Å²) in [4.78, 5) is -0.715. The minimum atomic E-state index is -4.01. The van der Waals surface area contributed by atoms with Gasteiger partial charge in [0.1, 0.15) is 16.5 Å². The fraction of sp³-hybridized carbons (Fsp3) is 0. The summed E-state index contributed by atoms with van der Waals surface area (Å²) in [6.45, 7) is 0. The van der Waals surface area contributed by atoms with Gasteiger partial charge in [-0.15, -0.1) is 0 Å². The predicted molar refractivity (Wildman–Crippen MR) is 58.3 cm³/mol. The fourth-order valence-electron chi connectivity index (χ4n) is 1.42. The standard InChI is InChI=1S/C12H8F2O2S/c13-9-4-3-5-10(8-9)17(15,16)12-7-2-1-6-11(12)14/h1-8H. The highest BCUT2D eigenvalue weighted by Gasteiger charge is 2.21. The van der Waals surface area contributed by atoms with Crippen molar-refractivity contribution in [1.29, 1.82) is 0 Å². The molecule has 88 valence electrons. The van der Waals surface area contributed by atoms with E-state index in [0.29, 0.717) is 0 Å². The van der Waals surface area contributed by atoms with E-state index in [-0.39, 0.29) is 4.90 Å². The van der Waals surface area contributed by atoms with Gasteiger partial charge in [-0.25, -0.2) is 17.2 Å². The molecule has 0 aliphatic heterocycles. The molecule has 0 N–H and O–H groups in total. The molecule has 0 saturated carbocycles. The van der Waals surface area contributed by atoms with Gasteiger partial charge < -0.3 is 0 Å². The lowest BCUT2D eigenvalue weighted by atomic mass is 10.3. The third-order valence-corrected chi connectivity index (χ3v) is 4.02. The maximum atomic E-state index is 13.4. The summed E-state index contributed by atoms with van der Waals surface area (Å²) in [7, 11) is -4.01. The second-order valence-electron chi connectivity index (χ2n) is 3.39. The zero-order valence-corrected chi connectivity index (χ0v) is 9.42. The molecule has 0 atom stereocenters. The Morgan fingerprint density at radius 3 is 2.24 bits per heavy atom. The lowest BCUT2D eigenvalue weighted by Gasteiger charge is -2.05. The van der Waals surface area contributed by atoms with E-state index in [2.05, 4.69) is 0 Å². The zero-order chi connectivity index (χ0) is 12.5. The van der Waals surface area contributed by atoms with E-state index >= 15 is 0 Å². The average molecular weight is 254 g/mol. The van der Waals surface area contributed by atoms with Crippen LogP contribution < -0.4 is 0 Å². The van der Waals surface area contributed by atoms with Crippen LogP contribution in [0, 0.1) is 11.6 Å². The van der Waals surface area contributed by atoms with E-state index in [4.69, 9.17) is 0 Å². The van der Waals surface area contributed by atoms with Crippen LogP contribution in [0.4, 0.5) is 8.78 Å². The number of benzene rings is 2. The highest BCUT2D eigenvalue weighted by Crippen LogP contribution is 2.23. The fourth-order valence-corrected chi connectivity index (χ4v) is 2.79. The van der Waals surface area contributed by atoms with Crippen LogP contribution in [-0.4, -0.2) is 8.42 Å². The molecule has 2 aromatic carbocycles. The van der Waals surface area contributed by atoms with Gasteiger partial charge in [-0.2, -0.15) is 0 Å². The highest BCUT2D eigenvalue weighted by molar-refractivity contribution is 7.91. The minimum Gasteiger partial charge on any atom is -0.218 e. The topological polar surface area (TPSA) is 34.1 Å². The number of sulfone groups is 1. The van der Waals surface area contributed by atoms with Crippen LogP contribution in [0.15, 0.2) is 58.3 Å². The van der Waals surface area contributed by atoms with Gasteiger partial charge in [0.15, 0.2) is 0 Å². The number of halogens is 2. The second kappa shape index (κ2) is 4.25. The molecule has 2 rings (SSSR count). The van der Waals surface area contributed by atoms with Gasteiger partial charge in [0, 0.05) is 0 Å². The van der Waals surface area contributed by atoms with Gasteiger partial charge in [-0.1, -0.05) is 18.2 Å². The summed E-state index contributed by atoms with van der Waals surface area (Å²) in [5.41, 5.74) is 0. The van der Waals surface area contributed by atoms with Crippen LogP contribution >= 0.6 is 0 Å². The van der Waals surface area contributed by atoms with E-state index in [1.165, 1.54) is 24.3 Å². The summed E-state index contributed by atoms with van der Waals surface area (Å²) >= 11 is 0. The Labute approximate surface area is 97.4 Å². The Hall–Kier alpha value is -1.75. The van der Waals surface area contributed by atoms with E-state index in [9.17, 15) is 17.2 Å². The SMILES string of the molecule is O=S(=O)(c1cccc(F)c1)c1ccccc1F. The van der Waals surface area contributed by atoms with Crippen LogP contribution in [-0.2, 0) is 9.84 Å². The van der Waals surface area contributed by atoms with Crippen molar-refractivity contribution in [3.63, 3.8) is 0 Å². The first-order valence-electron chi connectivity index (χ1n) is 4.77. The zero-order valence-electron chi connectivity index (χ0n) is 8.60. The van der Waals surface area contributed by atoms with Crippen LogP contribution in [0.25, 0.3) is 0 Å². The maximum absolute atomic E-state index is 13.4. The molecule has 2 aromatic rings. The predicted octanol–water partition coefficient (Wildman–Crippen LogP) is 2.80. The van der Waals surface area contributed by atoms with Crippen molar-refractivity contribution in [2.24, 2.45) is 0 Å². The Kier molecular flexibility index (Phi) is 2.93. The summed E-state index contributed by atoms with van der Waals surface area (Å²) in [5.74, 6) is -1.53. The van der Waals surface area contributed by atoms with Crippen LogP contribution in [0.5, 0.6) is 0 Å². The van der Waals surface area contributed by atoms with Crippen molar-refractivity contribution in [2.45, 2.75) is 9.79 Å². The van der Waals surface area contributed by atoms with E-state index in [1.54, 1.807) is 0 Å². The van der Waals surface area contributed by atoms with Crippen molar-refractivity contribution in [2.75, 3.05) is 0 Å². The molecule has 0 aliphatic carbocycles. The molecule has 0 aromatic heterocycles. The first-order valence-corrected chi connectivity index (χ1v) is 6.25. The van der Waals surface area contributed by atoms with Gasteiger partial charge in [-0.05, 0) is 30.3 Å². The maximum Gasteiger partial charge on any atom is 0.209 e. The summed E-state index contributed by atoms with van der Waals surface area (Å²) in [5, 5.41) is 0. The van der Waals surface area contributed by atoms with E-state index < -0.39 is 26.4 Å². The molecule has 0 saturated heterocycles. The van der Waals surface area contributed by atoms with Crippen LogP contribution in [0.2, 0.25) is 0 Å². The molecule has 0 heterocycles. The highest BCUT2D eigenvalue weighted by atomic mass is 32.2. The lowest BCUT2D eigenvalue weighted by molar-refractivity contribution is 0.565. The molecule has 0 fully saturated rings. The van der Waals surface area contributed by atoms with Crippen molar-refractivity contribution < 1.29 is 17.2 Å². The molecule has 0 bridgehead atoms. The molecular weight excluding hydrogens is 246 g/mol. The van der Waals surface area contributed by atoms with E-state index in [0.717, 1.165) is 24.3 Å². The first kappa shape index (κ1) is 11.7. The molecular formula is C12H8F2O2S. The quantitative estimate of drug-likeness (QED) is 0.825. The van der Waals surface area contributed by atoms with Crippen molar-refractivity contribution in [3.05, 3.63) is 60.2 Å². The Bertz CT molecular complexity index is 651. The molecule has 0 spiro atoms. The Morgan fingerprint density at radius 1 is 0.882 bits per heavy atom. The third kappa shape index (κ3) is 2.19. The second-order valence-corrected chi connectivity index (χ2v) is 5.31. The normalized spacial score (nSPS) is 11.4. The molecule has 0 radical (unpaired) electrons. The smallest absolute Gasteiger partial charge is 0.209 e. The minimum absolute atomic E-state index is 0.261. The van der Waals surface area contributed by atoms with Gasteiger partial charge in [0.25, 0.3) is 0 Å². The van der Waals surface area contributed by atoms with E-state index in [1.807, 2.05) is 0 Å². The Morgan fingerprint density at radius 2 is 1.59 bits per heavy atom. The number of hydrogen-bond acceptors (Lipinski definition) is 2. The summed E-state index contributed by atoms with van der Waals surface area (Å²) < 4.78 is 50.4. The number of hydrogen-bond donors (Lipinski definition) is 0. The van der Waals surface area contributed by atoms with Gasteiger partial charge in [-0.3, -0.25) is 0 Å². The molecule has 2 nitrogen and oxygen atoms in total. The monoisotopic (exact) mass is 254 g/mol. The van der Waals surface area contributed by atoms with Crippen LogP contribution in [0.3, 0.4) is 0 Å². The summed E-state index contributed by atoms with van der Waals surface area (Å²) in [6, 6.07) is 9.48. The van der Waals surface area contributed by atoms with Crippen molar-refractivity contribution in [1.82, 2.24) is 0 Å². The molecule has 5 heteroatoms. The largest absolute Gasteiger partial charge is 0.218 e. The summed E-state index contributed by atoms with van der Waals surface area (Å²) in [6.07, 6.45) is 0. The van der Waals surface area contributed by atoms with Gasteiger partial charge in [0.2, 0.25) is 9.84 Å². The van der Waals surface area contributed by atoms with Gasteiger partial charge >= 0.3 is 0 Å². The molecule has 17 heavy (non-hydrogen) atoms. The first-order chi connectivity index (χ1) is 8.01. The molecule has 0 amide bonds. The number of rotatable bonds is 2. The lowest BCUT2D eigenvalue weighted by Crippen LogP contribution is -2.04. The average Bonchev–Trinajstić information content (AvgIpc) is 2.29. The molecule has 0 unspecified atom stereocenters. The molecule has 0 aliphatic rings. The van der Waals surface area contributed by atoms with Gasteiger partial charge in [0.05, 0.1) is 4.90 Å². The van der Waals surface area contributed by atoms with Crippen LogP contribution in [0.1, 0.15) is 0 Å². The Balaban J connectivity index is 2.63. The third-order valence-electron chi connectivity index (χ3n) is 2.23.